The van der Waals surface area contributed by atoms with Crippen LogP contribution in [0.25, 0.3) is 0 Å². The van der Waals surface area contributed by atoms with E-state index < -0.39 is 12.1 Å². The molecule has 1 aliphatic heterocycles. The Bertz CT molecular complexity index is 605. The molecule has 0 bridgehead atoms. The monoisotopic (exact) mass is 295 g/mol. The standard InChI is InChI=1S/C8H11N3O2.C2HF3O2/c1-10-3-2-4-11-7(10)5-6(12)9-8(11)13;3-2(4,5)1(6)7/h5H,2-4H2,1H3,(H,9,12,13);(H,6,7). The molecule has 0 aliphatic carbocycles. The van der Waals surface area contributed by atoms with Gasteiger partial charge in [-0.15, -0.1) is 0 Å². The molecule has 2 N–H and O–H groups in total. The molecule has 0 amide bonds. The van der Waals surface area contributed by atoms with Crippen LogP contribution in [0.2, 0.25) is 0 Å². The number of aromatic amines is 1. The number of hydrogen-bond donors (Lipinski definition) is 2. The van der Waals surface area contributed by atoms with E-state index in [0.29, 0.717) is 12.4 Å². The SMILES string of the molecule is CN1CCCn2c1cc(=O)[nH]c2=O.O=C(O)C(F)(F)F. The van der Waals surface area contributed by atoms with Gasteiger partial charge in [-0.25, -0.2) is 9.59 Å². The van der Waals surface area contributed by atoms with E-state index in [1.165, 1.54) is 6.07 Å². The highest BCUT2D eigenvalue weighted by Crippen LogP contribution is 2.13. The molecule has 112 valence electrons. The summed E-state index contributed by atoms with van der Waals surface area (Å²) in [5, 5.41) is 7.12. The fourth-order valence-electron chi connectivity index (χ4n) is 1.62. The zero-order chi connectivity index (χ0) is 15.5. The molecule has 0 saturated heterocycles. The van der Waals surface area contributed by atoms with Gasteiger partial charge in [-0.2, -0.15) is 13.2 Å². The Morgan fingerprint density at radius 2 is 1.90 bits per heavy atom. The van der Waals surface area contributed by atoms with Crippen molar-refractivity contribution in [3.63, 3.8) is 0 Å². The first-order valence-electron chi connectivity index (χ1n) is 5.48. The van der Waals surface area contributed by atoms with Crippen molar-refractivity contribution in [1.82, 2.24) is 9.55 Å². The second kappa shape index (κ2) is 5.80. The maximum Gasteiger partial charge on any atom is 0.490 e. The maximum atomic E-state index is 11.3. The number of alkyl halides is 3. The Hall–Kier alpha value is -2.26. The topological polar surface area (TPSA) is 95.4 Å². The third-order valence-electron chi connectivity index (χ3n) is 2.52. The Balaban J connectivity index is 0.000000246. The first kappa shape index (κ1) is 15.8. The lowest BCUT2D eigenvalue weighted by Crippen LogP contribution is -2.39. The molecule has 1 aromatic heterocycles. The summed E-state index contributed by atoms with van der Waals surface area (Å²) in [6.07, 6.45) is -4.14. The number of fused-ring (bicyclic) bond motifs is 1. The smallest absolute Gasteiger partial charge is 0.475 e. The summed E-state index contributed by atoms with van der Waals surface area (Å²) in [6, 6.07) is 1.46. The molecule has 0 saturated carbocycles. The summed E-state index contributed by atoms with van der Waals surface area (Å²) in [4.78, 5) is 35.4. The molecule has 2 heterocycles. The van der Waals surface area contributed by atoms with Crippen LogP contribution in [0.5, 0.6) is 0 Å². The molecule has 0 fully saturated rings. The van der Waals surface area contributed by atoms with Gasteiger partial charge in [-0.3, -0.25) is 14.3 Å². The molecule has 0 unspecified atom stereocenters. The zero-order valence-corrected chi connectivity index (χ0v) is 10.4. The number of carboxylic acid groups (broad SMARTS) is 1. The van der Waals surface area contributed by atoms with Crippen LogP contribution in [0.4, 0.5) is 19.0 Å². The van der Waals surface area contributed by atoms with E-state index >= 15 is 0 Å². The molecule has 1 aromatic rings. The number of carbonyl (C=O) groups is 1. The van der Waals surface area contributed by atoms with Crippen LogP contribution >= 0.6 is 0 Å². The quantitative estimate of drug-likeness (QED) is 0.703. The minimum atomic E-state index is -5.08. The summed E-state index contributed by atoms with van der Waals surface area (Å²) in [5.41, 5.74) is -0.640. The number of nitrogens with zero attached hydrogens (tertiary/aromatic N) is 2. The lowest BCUT2D eigenvalue weighted by Gasteiger charge is -2.27. The van der Waals surface area contributed by atoms with E-state index in [-0.39, 0.29) is 11.2 Å². The van der Waals surface area contributed by atoms with Crippen molar-refractivity contribution in [1.29, 1.82) is 0 Å². The fraction of sp³-hybridized carbons (Fsp3) is 0.500. The van der Waals surface area contributed by atoms with Crippen LogP contribution in [0, 0.1) is 0 Å². The molecular formula is C10H12F3N3O4. The number of rotatable bonds is 0. The first-order chi connectivity index (χ1) is 9.12. The molecule has 0 atom stereocenters. The number of hydrogen-bond acceptors (Lipinski definition) is 4. The van der Waals surface area contributed by atoms with E-state index in [2.05, 4.69) is 4.98 Å². The van der Waals surface area contributed by atoms with Crippen LogP contribution in [-0.2, 0) is 11.3 Å². The maximum absolute atomic E-state index is 11.3. The number of aliphatic carboxylic acids is 1. The van der Waals surface area contributed by atoms with E-state index in [0.717, 1.165) is 13.0 Å². The summed E-state index contributed by atoms with van der Waals surface area (Å²) in [5.74, 6) is -2.05. The van der Waals surface area contributed by atoms with Crippen molar-refractivity contribution in [2.24, 2.45) is 0 Å². The van der Waals surface area contributed by atoms with Crippen molar-refractivity contribution in [2.75, 3.05) is 18.5 Å². The zero-order valence-electron chi connectivity index (χ0n) is 10.4. The van der Waals surface area contributed by atoms with Gasteiger partial charge in [0.25, 0.3) is 5.56 Å². The highest BCUT2D eigenvalue weighted by atomic mass is 19.4. The lowest BCUT2D eigenvalue weighted by atomic mass is 10.3. The van der Waals surface area contributed by atoms with Gasteiger partial charge in [-0.1, -0.05) is 0 Å². The van der Waals surface area contributed by atoms with Gasteiger partial charge in [0.15, 0.2) is 0 Å². The van der Waals surface area contributed by atoms with Gasteiger partial charge in [0.05, 0.1) is 0 Å². The van der Waals surface area contributed by atoms with E-state index in [4.69, 9.17) is 9.90 Å². The molecule has 7 nitrogen and oxygen atoms in total. The van der Waals surface area contributed by atoms with Crippen molar-refractivity contribution in [3.8, 4) is 0 Å². The average Bonchev–Trinajstić information content (AvgIpc) is 2.30. The molecule has 0 spiro atoms. The Morgan fingerprint density at radius 1 is 1.35 bits per heavy atom. The molecule has 0 aromatic carbocycles. The summed E-state index contributed by atoms with van der Waals surface area (Å²) in [6.45, 7) is 1.58. The van der Waals surface area contributed by atoms with E-state index in [1.807, 2.05) is 11.9 Å². The predicted octanol–water partition coefficient (Wildman–Crippen LogP) is 0.00980. The average molecular weight is 295 g/mol. The minimum absolute atomic E-state index is 0.311. The van der Waals surface area contributed by atoms with Crippen LogP contribution < -0.4 is 16.1 Å². The van der Waals surface area contributed by atoms with Crippen molar-refractivity contribution in [3.05, 3.63) is 26.9 Å². The second-order valence-corrected chi connectivity index (χ2v) is 4.03. The fourth-order valence-corrected chi connectivity index (χ4v) is 1.62. The van der Waals surface area contributed by atoms with Gasteiger partial charge in [0.1, 0.15) is 5.82 Å². The van der Waals surface area contributed by atoms with Gasteiger partial charge in [0.2, 0.25) is 0 Å². The Morgan fingerprint density at radius 3 is 2.40 bits per heavy atom. The van der Waals surface area contributed by atoms with Crippen LogP contribution in [-0.4, -0.2) is 40.4 Å². The number of nitrogens with one attached hydrogen (secondary N) is 1. The first-order valence-corrected chi connectivity index (χ1v) is 5.48. The van der Waals surface area contributed by atoms with Crippen molar-refractivity contribution in [2.45, 2.75) is 19.1 Å². The molecule has 20 heavy (non-hydrogen) atoms. The third kappa shape index (κ3) is 3.87. The van der Waals surface area contributed by atoms with Crippen molar-refractivity contribution < 1.29 is 23.1 Å². The molecule has 0 radical (unpaired) electrons. The second-order valence-electron chi connectivity index (χ2n) is 4.03. The Labute approximate surface area is 110 Å². The van der Waals surface area contributed by atoms with Crippen LogP contribution in [0.1, 0.15) is 6.42 Å². The highest BCUT2D eigenvalue weighted by molar-refractivity contribution is 5.73. The molecule has 2 rings (SSSR count). The summed E-state index contributed by atoms with van der Waals surface area (Å²) >= 11 is 0. The lowest BCUT2D eigenvalue weighted by molar-refractivity contribution is -0.192. The number of H-pyrrole nitrogens is 1. The molecule has 10 heteroatoms. The van der Waals surface area contributed by atoms with Crippen LogP contribution in [0.15, 0.2) is 15.7 Å². The number of carboxylic acids is 1. The normalized spacial score (nSPS) is 14.1. The van der Waals surface area contributed by atoms with E-state index in [9.17, 15) is 22.8 Å². The largest absolute Gasteiger partial charge is 0.490 e. The Kier molecular flexibility index (Phi) is 4.58. The predicted molar refractivity (Wildman–Crippen MR) is 62.9 cm³/mol. The van der Waals surface area contributed by atoms with Gasteiger partial charge < -0.3 is 10.0 Å². The van der Waals surface area contributed by atoms with Crippen LogP contribution in [0.3, 0.4) is 0 Å². The van der Waals surface area contributed by atoms with E-state index in [1.54, 1.807) is 4.57 Å². The number of anilines is 1. The summed E-state index contributed by atoms with van der Waals surface area (Å²) < 4.78 is 33.3. The minimum Gasteiger partial charge on any atom is -0.475 e. The van der Waals surface area contributed by atoms with Gasteiger partial charge in [-0.05, 0) is 6.42 Å². The number of halogens is 3. The summed E-state index contributed by atoms with van der Waals surface area (Å²) in [7, 11) is 1.88. The highest BCUT2D eigenvalue weighted by Gasteiger charge is 2.38. The molecular weight excluding hydrogens is 283 g/mol. The molecule has 1 aliphatic rings. The van der Waals surface area contributed by atoms with Gasteiger partial charge >= 0.3 is 17.8 Å². The third-order valence-corrected chi connectivity index (χ3v) is 2.52. The van der Waals surface area contributed by atoms with Crippen molar-refractivity contribution >= 4 is 11.8 Å². The van der Waals surface area contributed by atoms with Gasteiger partial charge in [0, 0.05) is 26.2 Å². The number of aromatic nitrogens is 2.